The molecule has 1 aromatic rings. The van der Waals surface area contributed by atoms with Crippen LogP contribution < -0.4 is 9.47 Å². The van der Waals surface area contributed by atoms with Gasteiger partial charge in [-0.3, -0.25) is 9.59 Å². The molecule has 1 rings (SSSR count). The summed E-state index contributed by atoms with van der Waals surface area (Å²) in [6.07, 6.45) is 10.1. The summed E-state index contributed by atoms with van der Waals surface area (Å²) in [5.41, 5.74) is 0. The third-order valence-electron chi connectivity index (χ3n) is 4.32. The van der Waals surface area contributed by atoms with Gasteiger partial charge in [0.15, 0.2) is 11.5 Å². The first-order valence-corrected chi connectivity index (χ1v) is 10.2. The Morgan fingerprint density at radius 2 is 1.37 bits per heavy atom. The monoisotopic (exact) mass is 378 g/mol. The van der Waals surface area contributed by atoms with Crippen LogP contribution in [0.2, 0.25) is 0 Å². The summed E-state index contributed by atoms with van der Waals surface area (Å²) in [5, 5.41) is 0. The fraction of sp³-hybridized carbons (Fsp3) is 0.636. The number of benzene rings is 1. The van der Waals surface area contributed by atoms with Gasteiger partial charge in [0.25, 0.3) is 0 Å². The second kappa shape index (κ2) is 15.1. The zero-order valence-electron chi connectivity index (χ0n) is 16.8. The third-order valence-corrected chi connectivity index (χ3v) is 4.32. The van der Waals surface area contributed by atoms with E-state index < -0.39 is 0 Å². The number of ether oxygens (including phenoxy) is 3. The molecule has 0 atom stereocenters. The Labute approximate surface area is 163 Å². The highest BCUT2D eigenvalue weighted by Gasteiger charge is 2.09. The number of carbonyl (C=O) groups excluding carboxylic acids is 2. The van der Waals surface area contributed by atoms with Crippen LogP contribution in [0.4, 0.5) is 0 Å². The van der Waals surface area contributed by atoms with E-state index in [0.717, 1.165) is 25.7 Å². The molecule has 0 unspecified atom stereocenters. The average Bonchev–Trinajstić information content (AvgIpc) is 2.67. The van der Waals surface area contributed by atoms with E-state index in [-0.39, 0.29) is 11.9 Å². The molecule has 0 aromatic heterocycles. The molecule has 0 N–H and O–H groups in total. The number of hydrogen-bond acceptors (Lipinski definition) is 5. The highest BCUT2D eigenvalue weighted by molar-refractivity contribution is 5.73. The standard InChI is InChI=1S/C22H34O5/c1-3-4-5-6-7-13-18-26-21(23)16-9-8-10-17-22(24)27-20-15-12-11-14-19(20)25-2/h11-12,14-15H,3-10,13,16-18H2,1-2H3. The first kappa shape index (κ1) is 23.0. The topological polar surface area (TPSA) is 61.8 Å². The van der Waals surface area contributed by atoms with Crippen molar-refractivity contribution in [3.63, 3.8) is 0 Å². The molecule has 27 heavy (non-hydrogen) atoms. The van der Waals surface area contributed by atoms with Crippen molar-refractivity contribution in [3.8, 4) is 11.5 Å². The van der Waals surface area contributed by atoms with E-state index in [1.54, 1.807) is 18.2 Å². The summed E-state index contributed by atoms with van der Waals surface area (Å²) >= 11 is 0. The molecule has 0 bridgehead atoms. The molecular formula is C22H34O5. The fourth-order valence-corrected chi connectivity index (χ4v) is 2.73. The molecule has 0 fully saturated rings. The lowest BCUT2D eigenvalue weighted by Crippen LogP contribution is -2.09. The molecule has 5 heteroatoms. The first-order valence-electron chi connectivity index (χ1n) is 10.2. The molecule has 0 heterocycles. The molecule has 0 aliphatic heterocycles. The van der Waals surface area contributed by atoms with E-state index >= 15 is 0 Å². The van der Waals surface area contributed by atoms with Crippen molar-refractivity contribution in [2.75, 3.05) is 13.7 Å². The molecule has 5 nitrogen and oxygen atoms in total. The maximum Gasteiger partial charge on any atom is 0.311 e. The van der Waals surface area contributed by atoms with Crippen molar-refractivity contribution >= 4 is 11.9 Å². The molecule has 0 amide bonds. The van der Waals surface area contributed by atoms with Crippen molar-refractivity contribution in [1.82, 2.24) is 0 Å². The number of rotatable bonds is 15. The quantitative estimate of drug-likeness (QED) is 0.230. The number of methoxy groups -OCH3 is 1. The summed E-state index contributed by atoms with van der Waals surface area (Å²) < 4.78 is 15.7. The van der Waals surface area contributed by atoms with Gasteiger partial charge in [0.2, 0.25) is 0 Å². The molecule has 0 saturated carbocycles. The van der Waals surface area contributed by atoms with Gasteiger partial charge < -0.3 is 14.2 Å². The normalized spacial score (nSPS) is 10.4. The lowest BCUT2D eigenvalue weighted by Gasteiger charge is -2.08. The van der Waals surface area contributed by atoms with Crippen molar-refractivity contribution in [2.24, 2.45) is 0 Å². The van der Waals surface area contributed by atoms with Crippen LogP contribution in [0.15, 0.2) is 24.3 Å². The van der Waals surface area contributed by atoms with Crippen LogP contribution in [0, 0.1) is 0 Å². The van der Waals surface area contributed by atoms with Gasteiger partial charge in [0.05, 0.1) is 13.7 Å². The lowest BCUT2D eigenvalue weighted by atomic mass is 10.1. The third kappa shape index (κ3) is 11.3. The molecule has 0 aliphatic carbocycles. The van der Waals surface area contributed by atoms with Crippen molar-refractivity contribution in [2.45, 2.75) is 77.6 Å². The van der Waals surface area contributed by atoms with Crippen LogP contribution in [0.5, 0.6) is 11.5 Å². The summed E-state index contributed by atoms with van der Waals surface area (Å²) in [4.78, 5) is 23.5. The van der Waals surface area contributed by atoms with Gasteiger partial charge in [-0.1, -0.05) is 57.6 Å². The van der Waals surface area contributed by atoms with E-state index in [0.29, 0.717) is 37.4 Å². The smallest absolute Gasteiger partial charge is 0.311 e. The average molecular weight is 379 g/mol. The molecule has 0 saturated heterocycles. The molecule has 152 valence electrons. The highest BCUT2D eigenvalue weighted by Crippen LogP contribution is 2.26. The maximum absolute atomic E-state index is 11.9. The Kier molecular flexibility index (Phi) is 12.8. The van der Waals surface area contributed by atoms with Gasteiger partial charge in [-0.15, -0.1) is 0 Å². The Morgan fingerprint density at radius 3 is 2.07 bits per heavy atom. The van der Waals surface area contributed by atoms with Gasteiger partial charge in [-0.05, 0) is 31.4 Å². The molecule has 0 radical (unpaired) electrons. The van der Waals surface area contributed by atoms with Gasteiger partial charge in [-0.2, -0.15) is 0 Å². The minimum Gasteiger partial charge on any atom is -0.493 e. The second-order valence-corrected chi connectivity index (χ2v) is 6.67. The van der Waals surface area contributed by atoms with E-state index in [9.17, 15) is 9.59 Å². The molecular weight excluding hydrogens is 344 g/mol. The van der Waals surface area contributed by atoms with Crippen LogP contribution in [0.3, 0.4) is 0 Å². The Hall–Kier alpha value is -2.04. The number of unbranched alkanes of at least 4 members (excludes halogenated alkanes) is 7. The van der Waals surface area contributed by atoms with E-state index in [4.69, 9.17) is 14.2 Å². The molecule has 0 spiro atoms. The minimum atomic E-state index is -0.287. The Balaban J connectivity index is 2.01. The van der Waals surface area contributed by atoms with E-state index in [1.807, 2.05) is 6.07 Å². The van der Waals surface area contributed by atoms with Gasteiger partial charge in [-0.25, -0.2) is 0 Å². The predicted octanol–water partition coefficient (Wildman–Crippen LogP) is 5.45. The number of esters is 2. The summed E-state index contributed by atoms with van der Waals surface area (Å²) in [7, 11) is 1.54. The van der Waals surface area contributed by atoms with Crippen molar-refractivity contribution in [3.05, 3.63) is 24.3 Å². The number of carbonyl (C=O) groups is 2. The molecule has 1 aromatic carbocycles. The van der Waals surface area contributed by atoms with Crippen molar-refractivity contribution < 1.29 is 23.8 Å². The first-order chi connectivity index (χ1) is 13.2. The SMILES string of the molecule is CCCCCCCCOC(=O)CCCCCC(=O)Oc1ccccc1OC. The van der Waals surface area contributed by atoms with E-state index in [1.165, 1.54) is 32.8 Å². The van der Waals surface area contributed by atoms with Gasteiger partial charge in [0, 0.05) is 12.8 Å². The number of para-hydroxylation sites is 2. The van der Waals surface area contributed by atoms with Crippen LogP contribution in [0.1, 0.15) is 77.6 Å². The summed E-state index contributed by atoms with van der Waals surface area (Å²) in [6.45, 7) is 2.72. The van der Waals surface area contributed by atoms with Crippen LogP contribution in [0.25, 0.3) is 0 Å². The zero-order valence-corrected chi connectivity index (χ0v) is 16.8. The van der Waals surface area contributed by atoms with Gasteiger partial charge in [0.1, 0.15) is 0 Å². The maximum atomic E-state index is 11.9. The Bertz CT molecular complexity index is 541. The number of hydrogen-bond donors (Lipinski definition) is 0. The molecule has 0 aliphatic rings. The predicted molar refractivity (Wildman–Crippen MR) is 106 cm³/mol. The van der Waals surface area contributed by atoms with Crippen LogP contribution in [-0.4, -0.2) is 25.7 Å². The lowest BCUT2D eigenvalue weighted by molar-refractivity contribution is -0.143. The fourth-order valence-electron chi connectivity index (χ4n) is 2.73. The highest BCUT2D eigenvalue weighted by atomic mass is 16.6. The zero-order chi connectivity index (χ0) is 19.7. The van der Waals surface area contributed by atoms with E-state index in [2.05, 4.69) is 6.92 Å². The minimum absolute atomic E-state index is 0.139. The van der Waals surface area contributed by atoms with Crippen LogP contribution >= 0.6 is 0 Å². The summed E-state index contributed by atoms with van der Waals surface area (Å²) in [5.74, 6) is 0.549. The summed E-state index contributed by atoms with van der Waals surface area (Å²) in [6, 6.07) is 7.07. The Morgan fingerprint density at radius 1 is 0.778 bits per heavy atom. The van der Waals surface area contributed by atoms with Crippen LogP contribution in [-0.2, 0) is 14.3 Å². The largest absolute Gasteiger partial charge is 0.493 e. The second-order valence-electron chi connectivity index (χ2n) is 6.67. The van der Waals surface area contributed by atoms with Gasteiger partial charge >= 0.3 is 11.9 Å². The van der Waals surface area contributed by atoms with Crippen molar-refractivity contribution in [1.29, 1.82) is 0 Å².